The molecule has 1 aliphatic rings. The normalized spacial score (nSPS) is 27.5. The van der Waals surface area contributed by atoms with E-state index in [2.05, 4.69) is 15.9 Å². The maximum Gasteiger partial charge on any atom is 0.175 e. The molecular formula is C12H12BrClFNO2. The number of halogens is 3. The second kappa shape index (κ2) is 4.89. The van der Waals surface area contributed by atoms with Crippen LogP contribution in [0.5, 0.6) is 0 Å². The van der Waals surface area contributed by atoms with Crippen LogP contribution < -0.4 is 5.73 Å². The van der Waals surface area contributed by atoms with Gasteiger partial charge in [-0.2, -0.15) is 0 Å². The molecule has 1 aliphatic heterocycles. The summed E-state index contributed by atoms with van der Waals surface area (Å²) < 4.78 is 19.6. The fourth-order valence-corrected chi connectivity index (χ4v) is 2.40. The Hall–Kier alpha value is -0.490. The van der Waals surface area contributed by atoms with Gasteiger partial charge in [0, 0.05) is 10.5 Å². The average Bonchev–Trinajstić information content (AvgIpc) is 2.67. The van der Waals surface area contributed by atoms with Gasteiger partial charge in [0.2, 0.25) is 0 Å². The highest BCUT2D eigenvalue weighted by Gasteiger charge is 2.45. The van der Waals surface area contributed by atoms with E-state index in [4.69, 9.17) is 22.1 Å². The lowest BCUT2D eigenvalue weighted by Crippen LogP contribution is -2.44. The van der Waals surface area contributed by atoms with Crippen molar-refractivity contribution < 1.29 is 13.9 Å². The standard InChI is InChI=1S/C12H12BrClFNO2/c1-12(5-18-4-8(12)16)11(17)6-2-3-7(13)9(14)10(6)15/h2-3,8H,4-5,16H2,1H3. The third-order valence-electron chi connectivity index (χ3n) is 3.32. The SMILES string of the molecule is CC1(C(=O)c2ccc(Br)c(Cl)c2F)COCC1N. The van der Waals surface area contributed by atoms with Crippen molar-refractivity contribution in [2.75, 3.05) is 13.2 Å². The summed E-state index contributed by atoms with van der Waals surface area (Å²) in [5.74, 6) is -1.10. The van der Waals surface area contributed by atoms with Crippen LogP contribution in [0.1, 0.15) is 17.3 Å². The smallest absolute Gasteiger partial charge is 0.175 e. The zero-order valence-electron chi connectivity index (χ0n) is 9.67. The number of carbonyl (C=O) groups excluding carboxylic acids is 1. The number of hydrogen-bond donors (Lipinski definition) is 1. The predicted molar refractivity (Wildman–Crippen MR) is 70.3 cm³/mol. The zero-order valence-corrected chi connectivity index (χ0v) is 12.0. The molecule has 2 unspecified atom stereocenters. The number of ether oxygens (including phenoxy) is 1. The second-order valence-corrected chi connectivity index (χ2v) is 5.82. The number of rotatable bonds is 2. The van der Waals surface area contributed by atoms with Crippen LogP contribution in [0.4, 0.5) is 4.39 Å². The van der Waals surface area contributed by atoms with E-state index < -0.39 is 17.3 Å². The lowest BCUT2D eigenvalue weighted by atomic mass is 9.78. The first-order valence-electron chi connectivity index (χ1n) is 5.39. The molecular weight excluding hydrogens is 324 g/mol. The van der Waals surface area contributed by atoms with Crippen LogP contribution >= 0.6 is 27.5 Å². The summed E-state index contributed by atoms with van der Waals surface area (Å²) in [6.07, 6.45) is 0. The second-order valence-electron chi connectivity index (χ2n) is 4.59. The minimum absolute atomic E-state index is 0.0494. The monoisotopic (exact) mass is 335 g/mol. The average molecular weight is 337 g/mol. The van der Waals surface area contributed by atoms with Gasteiger partial charge in [0.15, 0.2) is 11.6 Å². The number of carbonyl (C=O) groups is 1. The molecule has 1 aromatic carbocycles. The van der Waals surface area contributed by atoms with Gasteiger partial charge in [-0.15, -0.1) is 0 Å². The number of benzene rings is 1. The Labute approximate surface area is 118 Å². The van der Waals surface area contributed by atoms with Crippen LogP contribution in [0.2, 0.25) is 5.02 Å². The highest BCUT2D eigenvalue weighted by atomic mass is 79.9. The molecule has 0 radical (unpaired) electrons. The van der Waals surface area contributed by atoms with Crippen molar-refractivity contribution in [3.8, 4) is 0 Å². The van der Waals surface area contributed by atoms with Crippen molar-refractivity contribution in [1.29, 1.82) is 0 Å². The highest BCUT2D eigenvalue weighted by molar-refractivity contribution is 9.10. The van der Waals surface area contributed by atoms with Gasteiger partial charge < -0.3 is 10.5 Å². The molecule has 1 aromatic rings. The number of Topliss-reactive ketones (excluding diaryl/α,β-unsaturated/α-hetero) is 1. The molecule has 0 spiro atoms. The van der Waals surface area contributed by atoms with Gasteiger partial charge >= 0.3 is 0 Å². The molecule has 0 bridgehead atoms. The van der Waals surface area contributed by atoms with Gasteiger partial charge in [-0.3, -0.25) is 4.79 Å². The Morgan fingerprint density at radius 2 is 2.33 bits per heavy atom. The summed E-state index contributed by atoms with van der Waals surface area (Å²) in [6, 6.07) is 2.51. The van der Waals surface area contributed by atoms with Crippen molar-refractivity contribution in [1.82, 2.24) is 0 Å². The maximum absolute atomic E-state index is 14.0. The number of hydrogen-bond acceptors (Lipinski definition) is 3. The van der Waals surface area contributed by atoms with Crippen LogP contribution in [0, 0.1) is 11.2 Å². The Balaban J connectivity index is 2.44. The minimum atomic E-state index is -0.905. The topological polar surface area (TPSA) is 52.3 Å². The summed E-state index contributed by atoms with van der Waals surface area (Å²) in [7, 11) is 0. The van der Waals surface area contributed by atoms with E-state index in [9.17, 15) is 9.18 Å². The molecule has 2 atom stereocenters. The molecule has 0 aromatic heterocycles. The summed E-state index contributed by atoms with van der Waals surface area (Å²) in [6.45, 7) is 2.18. The third kappa shape index (κ3) is 2.09. The lowest BCUT2D eigenvalue weighted by Gasteiger charge is -2.25. The molecule has 98 valence electrons. The molecule has 2 rings (SSSR count). The van der Waals surface area contributed by atoms with Crippen molar-refractivity contribution in [2.24, 2.45) is 11.1 Å². The molecule has 0 amide bonds. The molecule has 2 N–H and O–H groups in total. The third-order valence-corrected chi connectivity index (χ3v) is 4.57. The molecule has 6 heteroatoms. The fraction of sp³-hybridized carbons (Fsp3) is 0.417. The van der Waals surface area contributed by atoms with Crippen molar-refractivity contribution in [3.05, 3.63) is 33.0 Å². The zero-order chi connectivity index (χ0) is 13.5. The quantitative estimate of drug-likeness (QED) is 0.667. The highest BCUT2D eigenvalue weighted by Crippen LogP contribution is 2.35. The number of nitrogens with two attached hydrogens (primary N) is 1. The maximum atomic E-state index is 14.0. The van der Waals surface area contributed by atoms with Crippen LogP contribution in [-0.4, -0.2) is 25.0 Å². The summed E-state index contributed by atoms with van der Waals surface area (Å²) >= 11 is 8.88. The Bertz CT molecular complexity index is 511. The summed E-state index contributed by atoms with van der Waals surface area (Å²) in [5, 5.41) is -0.100. The van der Waals surface area contributed by atoms with Crippen LogP contribution in [-0.2, 0) is 4.74 Å². The molecule has 1 saturated heterocycles. The molecule has 0 aliphatic carbocycles. The van der Waals surface area contributed by atoms with Gasteiger partial charge in [0.1, 0.15) is 0 Å². The van der Waals surface area contributed by atoms with Crippen molar-refractivity contribution >= 4 is 33.3 Å². The first kappa shape index (κ1) is 13.9. The lowest BCUT2D eigenvalue weighted by molar-refractivity contribution is 0.0763. The van der Waals surface area contributed by atoms with Crippen LogP contribution in [0.3, 0.4) is 0 Å². The fourth-order valence-electron chi connectivity index (χ4n) is 1.93. The summed E-state index contributed by atoms with van der Waals surface area (Å²) in [4.78, 5) is 12.4. The van der Waals surface area contributed by atoms with E-state index in [1.54, 1.807) is 13.0 Å². The van der Waals surface area contributed by atoms with E-state index in [1.807, 2.05) is 0 Å². The predicted octanol–water partition coefficient (Wildman–Crippen LogP) is 2.79. The van der Waals surface area contributed by atoms with Crippen LogP contribution in [0.25, 0.3) is 0 Å². The largest absolute Gasteiger partial charge is 0.379 e. The van der Waals surface area contributed by atoms with Gasteiger partial charge in [-0.1, -0.05) is 11.6 Å². The summed E-state index contributed by atoms with van der Waals surface area (Å²) in [5.41, 5.74) is 4.90. The number of ketones is 1. The Kier molecular flexibility index (Phi) is 3.78. The van der Waals surface area contributed by atoms with Gasteiger partial charge in [-0.25, -0.2) is 4.39 Å². The van der Waals surface area contributed by atoms with Crippen molar-refractivity contribution in [2.45, 2.75) is 13.0 Å². The first-order chi connectivity index (χ1) is 8.38. The molecule has 18 heavy (non-hydrogen) atoms. The van der Waals surface area contributed by atoms with Gasteiger partial charge in [0.25, 0.3) is 0 Å². The van der Waals surface area contributed by atoms with Crippen LogP contribution in [0.15, 0.2) is 16.6 Å². The molecule has 0 saturated carbocycles. The van der Waals surface area contributed by atoms with E-state index in [-0.39, 0.29) is 23.0 Å². The van der Waals surface area contributed by atoms with E-state index in [0.29, 0.717) is 11.1 Å². The minimum Gasteiger partial charge on any atom is -0.379 e. The first-order valence-corrected chi connectivity index (χ1v) is 6.56. The molecule has 3 nitrogen and oxygen atoms in total. The van der Waals surface area contributed by atoms with Gasteiger partial charge in [0.05, 0.1) is 29.2 Å². The van der Waals surface area contributed by atoms with E-state index in [0.717, 1.165) is 0 Å². The molecule has 1 heterocycles. The Morgan fingerprint density at radius 3 is 2.89 bits per heavy atom. The Morgan fingerprint density at radius 1 is 1.67 bits per heavy atom. The molecule has 1 fully saturated rings. The van der Waals surface area contributed by atoms with Gasteiger partial charge in [-0.05, 0) is 35.0 Å². The van der Waals surface area contributed by atoms with Crippen molar-refractivity contribution in [3.63, 3.8) is 0 Å². The van der Waals surface area contributed by atoms with E-state index in [1.165, 1.54) is 6.07 Å². The van der Waals surface area contributed by atoms with E-state index >= 15 is 0 Å².